The highest BCUT2D eigenvalue weighted by molar-refractivity contribution is 7.10. The Morgan fingerprint density at radius 2 is 2.12 bits per heavy atom. The van der Waals surface area contributed by atoms with Gasteiger partial charge in [0, 0.05) is 32.1 Å². The number of carbonyl (C=O) groups is 2. The van der Waals surface area contributed by atoms with Crippen molar-refractivity contribution in [1.29, 1.82) is 0 Å². The zero-order valence-corrected chi connectivity index (χ0v) is 21.3. The van der Waals surface area contributed by atoms with Crippen LogP contribution >= 0.6 is 11.3 Å². The quantitative estimate of drug-likeness (QED) is 0.564. The highest BCUT2D eigenvalue weighted by atomic mass is 32.1. The first-order chi connectivity index (χ1) is 15.5. The van der Waals surface area contributed by atoms with Gasteiger partial charge in [-0.15, -0.1) is 11.3 Å². The average molecular weight is 475 g/mol. The summed E-state index contributed by atoms with van der Waals surface area (Å²) in [6.45, 7) is 14.5. The number of allylic oxidation sites excluding steroid dienone is 2. The molecule has 1 aromatic rings. The average Bonchev–Trinajstić information content (AvgIpc) is 3.35. The predicted molar refractivity (Wildman–Crippen MR) is 132 cm³/mol. The predicted octanol–water partition coefficient (Wildman–Crippen LogP) is 3.25. The van der Waals surface area contributed by atoms with E-state index in [1.165, 1.54) is 17.4 Å². The number of aliphatic hydroxyl groups excluding tert-OH is 1. The molecule has 0 radical (unpaired) electrons. The number of aryl methyl sites for hydroxylation is 1. The maximum Gasteiger partial charge on any atom is 0.246 e. The van der Waals surface area contributed by atoms with Crippen LogP contribution in [0.25, 0.3) is 5.57 Å². The number of carbonyl (C=O) groups excluding carboxylic acids is 2. The van der Waals surface area contributed by atoms with Gasteiger partial charge in [-0.2, -0.15) is 0 Å². The van der Waals surface area contributed by atoms with Crippen molar-refractivity contribution in [3.63, 3.8) is 0 Å². The Hall–Kier alpha value is -2.19. The lowest BCUT2D eigenvalue weighted by atomic mass is 9.85. The first-order valence-electron chi connectivity index (χ1n) is 11.7. The molecule has 2 heterocycles. The van der Waals surface area contributed by atoms with Crippen molar-refractivity contribution in [3.05, 3.63) is 34.4 Å². The molecule has 1 fully saturated rings. The van der Waals surface area contributed by atoms with E-state index in [4.69, 9.17) is 0 Å². The van der Waals surface area contributed by atoms with E-state index < -0.39 is 17.6 Å². The molecule has 0 saturated carbocycles. The van der Waals surface area contributed by atoms with E-state index in [9.17, 15) is 14.7 Å². The molecule has 182 valence electrons. The molecule has 0 aromatic carbocycles. The first kappa shape index (κ1) is 25.4. The molecule has 33 heavy (non-hydrogen) atoms. The van der Waals surface area contributed by atoms with Crippen LogP contribution in [0.15, 0.2) is 23.9 Å². The van der Waals surface area contributed by atoms with Gasteiger partial charge in [0.15, 0.2) is 0 Å². The summed E-state index contributed by atoms with van der Waals surface area (Å²) in [4.78, 5) is 32.5. The summed E-state index contributed by atoms with van der Waals surface area (Å²) < 4.78 is 0. The molecular formula is C25H38N4O3S. The Morgan fingerprint density at radius 3 is 2.67 bits per heavy atom. The van der Waals surface area contributed by atoms with Gasteiger partial charge < -0.3 is 20.6 Å². The van der Waals surface area contributed by atoms with Crippen LogP contribution < -0.4 is 10.6 Å². The molecule has 7 nitrogen and oxygen atoms in total. The lowest BCUT2D eigenvalue weighted by Gasteiger charge is -2.36. The molecule has 0 bridgehead atoms. The standard InChI is InChI=1S/C25H38N4O3S/c1-15(26-12-18-7-9-19(10-8-18)22-16(2)27-14-33-22)21-11-20(31)13-29(21)24(32)23(25(4,5)6)28-17(3)30/h9,14,18,20-21,23,26,31H,1,7-8,10-13H2,2-6H3,(H,28,30)/t18?,20-,21+,23-/m1/s1. The van der Waals surface area contributed by atoms with Gasteiger partial charge in [0.05, 0.1) is 28.2 Å². The molecule has 3 N–H and O–H groups in total. The Labute approximate surface area is 201 Å². The number of hydrogen-bond donors (Lipinski definition) is 3. The molecule has 1 saturated heterocycles. The van der Waals surface area contributed by atoms with Crippen molar-refractivity contribution in [2.75, 3.05) is 13.1 Å². The molecule has 1 aromatic heterocycles. The van der Waals surface area contributed by atoms with Crippen LogP contribution in [0.1, 0.15) is 63.9 Å². The fourth-order valence-electron chi connectivity index (χ4n) is 4.69. The van der Waals surface area contributed by atoms with Gasteiger partial charge >= 0.3 is 0 Å². The number of rotatable bonds is 7. The van der Waals surface area contributed by atoms with Gasteiger partial charge in [-0.25, -0.2) is 4.98 Å². The minimum Gasteiger partial charge on any atom is -0.391 e. The Balaban J connectivity index is 1.60. The summed E-state index contributed by atoms with van der Waals surface area (Å²) in [5.74, 6) is 0.0815. The molecule has 1 aliphatic carbocycles. The van der Waals surface area contributed by atoms with Crippen molar-refractivity contribution in [1.82, 2.24) is 20.5 Å². The molecule has 8 heteroatoms. The summed E-state index contributed by atoms with van der Waals surface area (Å²) in [6.07, 6.45) is 5.31. The van der Waals surface area contributed by atoms with E-state index >= 15 is 0 Å². The lowest BCUT2D eigenvalue weighted by Crippen LogP contribution is -2.56. The second-order valence-electron chi connectivity index (χ2n) is 10.4. The number of hydrogen-bond acceptors (Lipinski definition) is 6. The Kier molecular flexibility index (Phi) is 8.00. The van der Waals surface area contributed by atoms with E-state index in [-0.39, 0.29) is 24.4 Å². The van der Waals surface area contributed by atoms with Gasteiger partial charge in [0.2, 0.25) is 11.8 Å². The van der Waals surface area contributed by atoms with Crippen LogP contribution in [0.5, 0.6) is 0 Å². The Bertz CT molecular complexity index is 917. The molecular weight excluding hydrogens is 436 g/mol. The van der Waals surface area contributed by atoms with Crippen molar-refractivity contribution < 1.29 is 14.7 Å². The molecule has 2 aliphatic rings. The lowest BCUT2D eigenvalue weighted by molar-refractivity contribution is -0.139. The molecule has 2 amide bonds. The van der Waals surface area contributed by atoms with Crippen LogP contribution in [-0.4, -0.2) is 58.1 Å². The Morgan fingerprint density at radius 1 is 1.39 bits per heavy atom. The summed E-state index contributed by atoms with van der Waals surface area (Å²) >= 11 is 1.71. The molecule has 1 aliphatic heterocycles. The zero-order chi connectivity index (χ0) is 24.3. The molecule has 0 spiro atoms. The monoisotopic (exact) mass is 474 g/mol. The highest BCUT2D eigenvalue weighted by Crippen LogP contribution is 2.34. The van der Waals surface area contributed by atoms with Gasteiger partial charge in [-0.1, -0.05) is 33.4 Å². The molecule has 4 atom stereocenters. The summed E-state index contributed by atoms with van der Waals surface area (Å²) in [7, 11) is 0. The molecule has 3 rings (SSSR count). The second-order valence-corrected chi connectivity index (χ2v) is 11.3. The van der Waals surface area contributed by atoms with Crippen molar-refractivity contribution in [3.8, 4) is 0 Å². The van der Waals surface area contributed by atoms with Gasteiger partial charge in [0.1, 0.15) is 6.04 Å². The van der Waals surface area contributed by atoms with E-state index in [0.717, 1.165) is 37.2 Å². The number of aromatic nitrogens is 1. The number of nitrogens with one attached hydrogen (secondary N) is 2. The third kappa shape index (κ3) is 6.23. The number of amides is 2. The van der Waals surface area contributed by atoms with Gasteiger partial charge in [-0.05, 0) is 43.1 Å². The summed E-state index contributed by atoms with van der Waals surface area (Å²) in [5, 5.41) is 16.6. The van der Waals surface area contributed by atoms with E-state index in [0.29, 0.717) is 12.3 Å². The maximum absolute atomic E-state index is 13.4. The van der Waals surface area contributed by atoms with E-state index in [1.54, 1.807) is 16.2 Å². The van der Waals surface area contributed by atoms with Gasteiger partial charge in [0.25, 0.3) is 0 Å². The third-order valence-corrected chi connectivity index (χ3v) is 7.60. The summed E-state index contributed by atoms with van der Waals surface area (Å²) in [5.41, 5.74) is 4.71. The number of β-amino-alcohol motifs (C(OH)–C–C–N with tert-alkyl or cyclic N) is 1. The maximum atomic E-state index is 13.4. The van der Waals surface area contributed by atoms with E-state index in [2.05, 4.69) is 35.2 Å². The van der Waals surface area contributed by atoms with Crippen LogP contribution in [0, 0.1) is 18.3 Å². The second kappa shape index (κ2) is 10.4. The summed E-state index contributed by atoms with van der Waals surface area (Å²) in [6, 6.07) is -0.951. The number of nitrogens with zero attached hydrogens (tertiary/aromatic N) is 2. The first-order valence-corrected chi connectivity index (χ1v) is 12.6. The largest absolute Gasteiger partial charge is 0.391 e. The highest BCUT2D eigenvalue weighted by Gasteiger charge is 2.42. The van der Waals surface area contributed by atoms with Gasteiger partial charge in [-0.3, -0.25) is 9.59 Å². The SMILES string of the molecule is C=C(NCC1CC=C(c2scnc2C)CC1)[C@@H]1C[C@@H](O)CN1C(=O)[C@@H](NC(C)=O)C(C)(C)C. The van der Waals surface area contributed by atoms with Crippen LogP contribution in [0.2, 0.25) is 0 Å². The van der Waals surface area contributed by atoms with Crippen LogP contribution in [0.3, 0.4) is 0 Å². The minimum atomic E-state index is -0.660. The third-order valence-electron chi connectivity index (χ3n) is 6.60. The number of likely N-dealkylation sites (tertiary alicyclic amines) is 1. The van der Waals surface area contributed by atoms with Crippen LogP contribution in [-0.2, 0) is 9.59 Å². The van der Waals surface area contributed by atoms with Crippen LogP contribution in [0.4, 0.5) is 0 Å². The normalized spacial score (nSPS) is 24.2. The van der Waals surface area contributed by atoms with E-state index in [1.807, 2.05) is 26.3 Å². The molecule has 1 unspecified atom stereocenters. The fourth-order valence-corrected chi connectivity index (χ4v) is 5.57. The number of aliphatic hydroxyl groups is 1. The minimum absolute atomic E-state index is 0.174. The zero-order valence-electron chi connectivity index (χ0n) is 20.5. The van der Waals surface area contributed by atoms with Crippen molar-refractivity contribution >= 4 is 28.7 Å². The fraction of sp³-hybridized carbons (Fsp3) is 0.640. The van der Waals surface area contributed by atoms with Crippen molar-refractivity contribution in [2.45, 2.75) is 78.5 Å². The number of thiazole rings is 1. The van der Waals surface area contributed by atoms with Crippen molar-refractivity contribution in [2.24, 2.45) is 11.3 Å². The smallest absolute Gasteiger partial charge is 0.246 e. The topological polar surface area (TPSA) is 94.6 Å².